The highest BCUT2D eigenvalue weighted by Crippen LogP contribution is 2.28. The van der Waals surface area contributed by atoms with Crippen molar-refractivity contribution in [3.63, 3.8) is 0 Å². The molecule has 0 amide bonds. The van der Waals surface area contributed by atoms with Crippen LogP contribution in [0.2, 0.25) is 0 Å². The first-order chi connectivity index (χ1) is 7.26. The molecule has 0 saturated heterocycles. The Hall–Kier alpha value is -1.09. The molecule has 3 heteroatoms. The zero-order valence-corrected chi connectivity index (χ0v) is 9.84. The van der Waals surface area contributed by atoms with E-state index < -0.39 is 0 Å². The first-order valence-corrected chi connectivity index (χ1v) is 5.69. The molecule has 0 radical (unpaired) electrons. The van der Waals surface area contributed by atoms with Crippen LogP contribution in [-0.2, 0) is 5.33 Å². The summed E-state index contributed by atoms with van der Waals surface area (Å²) in [5.41, 5.74) is 1.13. The van der Waals surface area contributed by atoms with Gasteiger partial charge in [-0.1, -0.05) is 34.1 Å². The molecule has 0 spiro atoms. The van der Waals surface area contributed by atoms with Crippen molar-refractivity contribution in [2.75, 3.05) is 7.11 Å². The second-order valence-electron chi connectivity index (χ2n) is 3.26. The number of hydrogen-bond donors (Lipinski definition) is 0. The summed E-state index contributed by atoms with van der Waals surface area (Å²) in [5.74, 6) is -0.0346. The number of ether oxygens (including phenoxy) is 1. The van der Waals surface area contributed by atoms with Gasteiger partial charge in [0.2, 0.25) is 0 Å². The Labute approximate surface area is 96.0 Å². The van der Waals surface area contributed by atoms with Gasteiger partial charge >= 0.3 is 0 Å². The van der Waals surface area contributed by atoms with Crippen LogP contribution in [0.15, 0.2) is 30.3 Å². The van der Waals surface area contributed by atoms with E-state index in [1.54, 1.807) is 6.07 Å². The Kier molecular flexibility index (Phi) is 2.91. The van der Waals surface area contributed by atoms with Crippen LogP contribution in [-0.4, -0.2) is 7.11 Å². The van der Waals surface area contributed by atoms with Gasteiger partial charge in [0.1, 0.15) is 0 Å². The molecule has 0 N–H and O–H groups in total. The van der Waals surface area contributed by atoms with E-state index >= 15 is 0 Å². The van der Waals surface area contributed by atoms with E-state index in [4.69, 9.17) is 4.74 Å². The molecule has 2 rings (SSSR count). The fourth-order valence-electron chi connectivity index (χ4n) is 1.62. The molecule has 0 heterocycles. The van der Waals surface area contributed by atoms with E-state index in [9.17, 15) is 4.39 Å². The molecule has 2 aromatic carbocycles. The van der Waals surface area contributed by atoms with E-state index in [2.05, 4.69) is 15.9 Å². The normalized spacial score (nSPS) is 10.6. The van der Waals surface area contributed by atoms with E-state index in [1.807, 2.05) is 18.2 Å². The van der Waals surface area contributed by atoms with Crippen molar-refractivity contribution in [3.8, 4) is 5.75 Å². The van der Waals surface area contributed by atoms with Gasteiger partial charge < -0.3 is 4.74 Å². The van der Waals surface area contributed by atoms with Crippen LogP contribution in [0.1, 0.15) is 5.56 Å². The molecule has 0 aromatic heterocycles. The third-order valence-corrected chi connectivity index (χ3v) is 2.99. The average molecular weight is 269 g/mol. The first-order valence-electron chi connectivity index (χ1n) is 4.57. The van der Waals surface area contributed by atoms with Crippen LogP contribution in [0, 0.1) is 5.82 Å². The largest absolute Gasteiger partial charge is 0.494 e. The van der Waals surface area contributed by atoms with Crippen molar-refractivity contribution >= 4 is 26.7 Å². The predicted octanol–water partition coefficient (Wildman–Crippen LogP) is 3.88. The lowest BCUT2D eigenvalue weighted by Crippen LogP contribution is -1.90. The van der Waals surface area contributed by atoms with Crippen molar-refractivity contribution in [3.05, 3.63) is 41.7 Å². The summed E-state index contributed by atoms with van der Waals surface area (Å²) in [6.07, 6.45) is 0. The zero-order valence-electron chi connectivity index (χ0n) is 8.26. The van der Waals surface area contributed by atoms with Gasteiger partial charge in [0.25, 0.3) is 0 Å². The van der Waals surface area contributed by atoms with Crippen LogP contribution >= 0.6 is 15.9 Å². The fourth-order valence-corrected chi connectivity index (χ4v) is 2.10. The minimum atomic E-state index is -0.322. The number of rotatable bonds is 2. The maximum Gasteiger partial charge on any atom is 0.165 e. The molecule has 0 saturated carbocycles. The minimum absolute atomic E-state index is 0.288. The third-order valence-electron chi connectivity index (χ3n) is 2.39. The molecule has 0 aliphatic rings. The molecule has 0 bridgehead atoms. The molecule has 0 aliphatic carbocycles. The molecule has 78 valence electrons. The van der Waals surface area contributed by atoms with Gasteiger partial charge in [0.15, 0.2) is 11.6 Å². The lowest BCUT2D eigenvalue weighted by molar-refractivity contribution is 0.387. The molecule has 15 heavy (non-hydrogen) atoms. The van der Waals surface area contributed by atoms with E-state index in [1.165, 1.54) is 13.2 Å². The molecule has 1 nitrogen and oxygen atoms in total. The standard InChI is InChI=1S/C12H10BrFO/c1-15-12-6-10-8(5-11(12)14)3-2-4-9(10)7-13/h2-6H,7H2,1H3. The smallest absolute Gasteiger partial charge is 0.165 e. The van der Waals surface area contributed by atoms with E-state index in [0.717, 1.165) is 21.7 Å². The molecular weight excluding hydrogens is 259 g/mol. The summed E-state index contributed by atoms with van der Waals surface area (Å²) in [5, 5.41) is 2.66. The topological polar surface area (TPSA) is 9.23 Å². The van der Waals surface area contributed by atoms with Gasteiger partial charge in [-0.3, -0.25) is 0 Å². The summed E-state index contributed by atoms with van der Waals surface area (Å²) in [4.78, 5) is 0. The summed E-state index contributed by atoms with van der Waals surface area (Å²) >= 11 is 3.41. The third kappa shape index (κ3) is 1.84. The highest BCUT2D eigenvalue weighted by Gasteiger charge is 2.06. The first kappa shape index (κ1) is 10.4. The van der Waals surface area contributed by atoms with Gasteiger partial charge in [-0.05, 0) is 28.5 Å². The molecule has 0 atom stereocenters. The van der Waals surface area contributed by atoms with E-state index in [0.29, 0.717) is 0 Å². The second-order valence-corrected chi connectivity index (χ2v) is 3.82. The lowest BCUT2D eigenvalue weighted by Gasteiger charge is -2.07. The molecule has 0 aliphatic heterocycles. The summed E-state index contributed by atoms with van der Waals surface area (Å²) < 4.78 is 18.4. The fraction of sp³-hybridized carbons (Fsp3) is 0.167. The predicted molar refractivity (Wildman–Crippen MR) is 63.1 cm³/mol. The van der Waals surface area contributed by atoms with Gasteiger partial charge in [-0.15, -0.1) is 0 Å². The zero-order chi connectivity index (χ0) is 10.8. The van der Waals surface area contributed by atoms with Crippen LogP contribution < -0.4 is 4.74 Å². The van der Waals surface area contributed by atoms with Gasteiger partial charge in [-0.2, -0.15) is 0 Å². The van der Waals surface area contributed by atoms with Crippen molar-refractivity contribution < 1.29 is 9.13 Å². The average Bonchev–Trinajstić information content (AvgIpc) is 2.27. The maximum atomic E-state index is 13.4. The van der Waals surface area contributed by atoms with Crippen LogP contribution in [0.25, 0.3) is 10.8 Å². The Balaban J connectivity index is 2.76. The van der Waals surface area contributed by atoms with Gasteiger partial charge in [-0.25, -0.2) is 4.39 Å². The quantitative estimate of drug-likeness (QED) is 0.752. The summed E-state index contributed by atoms with van der Waals surface area (Å²) in [6, 6.07) is 9.06. The number of methoxy groups -OCH3 is 1. The highest BCUT2D eigenvalue weighted by atomic mass is 79.9. The molecule has 0 unspecified atom stereocenters. The van der Waals surface area contributed by atoms with Crippen molar-refractivity contribution in [1.82, 2.24) is 0 Å². The monoisotopic (exact) mass is 268 g/mol. The van der Waals surface area contributed by atoms with Crippen LogP contribution in [0.3, 0.4) is 0 Å². The minimum Gasteiger partial charge on any atom is -0.494 e. The number of hydrogen-bond acceptors (Lipinski definition) is 1. The van der Waals surface area contributed by atoms with Crippen LogP contribution in [0.5, 0.6) is 5.75 Å². The SMILES string of the molecule is COc1cc2c(CBr)cccc2cc1F. The number of benzene rings is 2. The second kappa shape index (κ2) is 4.19. The van der Waals surface area contributed by atoms with Crippen molar-refractivity contribution in [2.45, 2.75) is 5.33 Å². The Morgan fingerprint density at radius 3 is 2.80 bits per heavy atom. The van der Waals surface area contributed by atoms with Gasteiger partial charge in [0.05, 0.1) is 7.11 Å². The van der Waals surface area contributed by atoms with Crippen molar-refractivity contribution in [1.29, 1.82) is 0 Å². The maximum absolute atomic E-state index is 13.4. The Morgan fingerprint density at radius 2 is 2.13 bits per heavy atom. The number of fused-ring (bicyclic) bond motifs is 1. The van der Waals surface area contributed by atoms with E-state index in [-0.39, 0.29) is 11.6 Å². The lowest BCUT2D eigenvalue weighted by atomic mass is 10.1. The van der Waals surface area contributed by atoms with Gasteiger partial charge in [0, 0.05) is 5.33 Å². The molecule has 2 aromatic rings. The van der Waals surface area contributed by atoms with Crippen molar-refractivity contribution in [2.24, 2.45) is 0 Å². The number of halogens is 2. The highest BCUT2D eigenvalue weighted by molar-refractivity contribution is 9.08. The summed E-state index contributed by atoms with van der Waals surface area (Å²) in [6.45, 7) is 0. The molecular formula is C12H10BrFO. The number of alkyl halides is 1. The summed E-state index contributed by atoms with van der Waals surface area (Å²) in [7, 11) is 1.47. The van der Waals surface area contributed by atoms with Crippen LogP contribution in [0.4, 0.5) is 4.39 Å². The molecule has 0 fully saturated rings. The Bertz CT molecular complexity index is 496. The Morgan fingerprint density at radius 1 is 1.33 bits per heavy atom.